The van der Waals surface area contributed by atoms with Gasteiger partial charge in [0.25, 0.3) is 0 Å². The number of thiazole rings is 1. The van der Waals surface area contributed by atoms with E-state index in [0.717, 1.165) is 48.2 Å². The van der Waals surface area contributed by atoms with Crippen molar-refractivity contribution in [1.29, 1.82) is 0 Å². The van der Waals surface area contributed by atoms with E-state index < -0.39 is 0 Å². The zero-order valence-electron chi connectivity index (χ0n) is 19.0. The van der Waals surface area contributed by atoms with Gasteiger partial charge < -0.3 is 24.7 Å². The van der Waals surface area contributed by atoms with Crippen LogP contribution in [0.15, 0.2) is 33.2 Å². The number of guanidine groups is 1. The number of nitrogens with zero attached hydrogens (tertiary/aromatic N) is 3. The van der Waals surface area contributed by atoms with Gasteiger partial charge in [-0.1, -0.05) is 13.8 Å². The van der Waals surface area contributed by atoms with Crippen molar-refractivity contribution in [3.05, 3.63) is 40.2 Å². The van der Waals surface area contributed by atoms with Crippen LogP contribution in [0.1, 0.15) is 56.0 Å². The second kappa shape index (κ2) is 13.7. The van der Waals surface area contributed by atoms with Gasteiger partial charge in [-0.25, -0.2) is 14.8 Å². The van der Waals surface area contributed by atoms with E-state index in [9.17, 15) is 4.79 Å². The predicted molar refractivity (Wildman–Crippen MR) is 138 cm³/mol. The van der Waals surface area contributed by atoms with Gasteiger partial charge in [-0.2, -0.15) is 0 Å². The smallest absolute Gasteiger partial charge is 0.409 e. The Bertz CT molecular complexity index is 832. The molecule has 0 aliphatic carbocycles. The van der Waals surface area contributed by atoms with Gasteiger partial charge in [-0.15, -0.1) is 35.3 Å². The van der Waals surface area contributed by atoms with Gasteiger partial charge in [-0.05, 0) is 37.8 Å². The number of hydrogen-bond donors (Lipinski definition) is 2. The van der Waals surface area contributed by atoms with Crippen molar-refractivity contribution in [2.75, 3.05) is 26.2 Å². The number of amides is 1. The fourth-order valence-electron chi connectivity index (χ4n) is 3.34. The van der Waals surface area contributed by atoms with Gasteiger partial charge in [0.05, 0.1) is 25.1 Å². The molecule has 1 amide bonds. The maximum absolute atomic E-state index is 11.9. The lowest BCUT2D eigenvalue weighted by Gasteiger charge is -2.32. The lowest BCUT2D eigenvalue weighted by atomic mass is 10.1. The SMILES string of the molecule is CCOC(=O)N1CCC(NC(=NCc2nc(C(C)C)cs2)NCCc2ccco2)CC1.I. The molecular weight excluding hydrogens is 541 g/mol. The van der Waals surface area contributed by atoms with Crippen LogP contribution in [0.2, 0.25) is 0 Å². The monoisotopic (exact) mass is 575 g/mol. The maximum atomic E-state index is 11.9. The number of aromatic nitrogens is 1. The molecule has 0 bridgehead atoms. The van der Waals surface area contributed by atoms with E-state index in [1.54, 1.807) is 22.5 Å². The Morgan fingerprint density at radius 1 is 1.41 bits per heavy atom. The number of furan rings is 1. The summed E-state index contributed by atoms with van der Waals surface area (Å²) in [5, 5.41) is 10.1. The van der Waals surface area contributed by atoms with Crippen LogP contribution < -0.4 is 10.6 Å². The average Bonchev–Trinajstić information content (AvgIpc) is 3.45. The lowest BCUT2D eigenvalue weighted by molar-refractivity contribution is 0.0963. The van der Waals surface area contributed by atoms with Crippen LogP contribution in [0.5, 0.6) is 0 Å². The van der Waals surface area contributed by atoms with Crippen molar-refractivity contribution in [3.8, 4) is 0 Å². The third-order valence-electron chi connectivity index (χ3n) is 5.14. The molecular formula is C22H34IN5O3S. The third kappa shape index (κ3) is 8.27. The van der Waals surface area contributed by atoms with E-state index in [1.807, 2.05) is 19.1 Å². The minimum absolute atomic E-state index is 0. The number of aliphatic imine (C=N–C) groups is 1. The van der Waals surface area contributed by atoms with E-state index in [2.05, 4.69) is 34.8 Å². The Kier molecular flexibility index (Phi) is 11.3. The van der Waals surface area contributed by atoms with Crippen LogP contribution in [0.25, 0.3) is 0 Å². The van der Waals surface area contributed by atoms with Gasteiger partial charge in [0.2, 0.25) is 0 Å². The predicted octanol–water partition coefficient (Wildman–Crippen LogP) is 4.38. The molecule has 0 spiro atoms. The summed E-state index contributed by atoms with van der Waals surface area (Å²) in [6, 6.07) is 4.12. The molecule has 1 aliphatic heterocycles. The standard InChI is InChI=1S/C22H33N5O3S.HI/c1-4-29-22(28)27-11-8-17(9-12-27)25-21(23-10-7-18-6-5-13-30-18)24-14-20-26-19(15-31-20)16(2)3;/h5-6,13,15-17H,4,7-12,14H2,1-3H3,(H2,23,24,25);1H. The second-order valence-corrected chi connectivity index (χ2v) is 8.79. The fourth-order valence-corrected chi connectivity index (χ4v) is 4.21. The van der Waals surface area contributed by atoms with Crippen LogP contribution in [0, 0.1) is 0 Å². The Hall–Kier alpha value is -1.82. The summed E-state index contributed by atoms with van der Waals surface area (Å²) in [4.78, 5) is 23.1. The van der Waals surface area contributed by atoms with Crippen molar-refractivity contribution in [3.63, 3.8) is 0 Å². The van der Waals surface area contributed by atoms with Gasteiger partial charge >= 0.3 is 6.09 Å². The van der Waals surface area contributed by atoms with Crippen molar-refractivity contribution < 1.29 is 13.9 Å². The first-order valence-corrected chi connectivity index (χ1v) is 11.9. The van der Waals surface area contributed by atoms with E-state index in [4.69, 9.17) is 14.1 Å². The highest BCUT2D eigenvalue weighted by Gasteiger charge is 2.24. The van der Waals surface area contributed by atoms with E-state index in [-0.39, 0.29) is 36.1 Å². The normalized spacial score (nSPS) is 14.9. The summed E-state index contributed by atoms with van der Waals surface area (Å²) < 4.78 is 10.5. The molecule has 1 aliphatic rings. The molecule has 8 nitrogen and oxygen atoms in total. The molecule has 32 heavy (non-hydrogen) atoms. The average molecular weight is 576 g/mol. The first kappa shape index (κ1) is 26.4. The summed E-state index contributed by atoms with van der Waals surface area (Å²) >= 11 is 1.65. The number of carbonyl (C=O) groups excluding carboxylic acids is 1. The molecule has 178 valence electrons. The molecule has 0 saturated carbocycles. The summed E-state index contributed by atoms with van der Waals surface area (Å²) in [7, 11) is 0. The lowest BCUT2D eigenvalue weighted by Crippen LogP contribution is -2.50. The molecule has 1 saturated heterocycles. The van der Waals surface area contributed by atoms with Gasteiger partial charge in [-0.3, -0.25) is 0 Å². The molecule has 2 N–H and O–H groups in total. The number of halogens is 1. The number of nitrogens with one attached hydrogen (secondary N) is 2. The van der Waals surface area contributed by atoms with E-state index >= 15 is 0 Å². The van der Waals surface area contributed by atoms with Crippen molar-refractivity contribution in [2.45, 2.75) is 58.5 Å². The molecule has 0 aromatic carbocycles. The number of ether oxygens (including phenoxy) is 1. The number of hydrogen-bond acceptors (Lipinski definition) is 6. The van der Waals surface area contributed by atoms with Crippen molar-refractivity contribution in [1.82, 2.24) is 20.5 Å². The Balaban J connectivity index is 0.00000363. The summed E-state index contributed by atoms with van der Waals surface area (Å²) in [6.07, 6.45) is 3.95. The number of piperidine rings is 1. The van der Waals surface area contributed by atoms with Crippen molar-refractivity contribution in [2.24, 2.45) is 4.99 Å². The van der Waals surface area contributed by atoms with E-state index in [0.29, 0.717) is 32.2 Å². The maximum Gasteiger partial charge on any atom is 0.409 e. The molecule has 2 aromatic heterocycles. The first-order chi connectivity index (χ1) is 15.0. The molecule has 0 unspecified atom stereocenters. The van der Waals surface area contributed by atoms with Gasteiger partial charge in [0.15, 0.2) is 5.96 Å². The largest absolute Gasteiger partial charge is 0.469 e. The summed E-state index contributed by atoms with van der Waals surface area (Å²) in [6.45, 7) is 9.15. The molecule has 10 heteroatoms. The van der Waals surface area contributed by atoms with Crippen molar-refractivity contribution >= 4 is 47.4 Å². The van der Waals surface area contributed by atoms with Crippen LogP contribution in [-0.2, 0) is 17.7 Å². The molecule has 0 atom stereocenters. The quantitative estimate of drug-likeness (QED) is 0.276. The fraction of sp³-hybridized carbons (Fsp3) is 0.591. The highest BCUT2D eigenvalue weighted by molar-refractivity contribution is 14.0. The first-order valence-electron chi connectivity index (χ1n) is 11.0. The summed E-state index contributed by atoms with van der Waals surface area (Å²) in [5.41, 5.74) is 1.11. The Morgan fingerprint density at radius 2 is 2.19 bits per heavy atom. The summed E-state index contributed by atoms with van der Waals surface area (Å²) in [5.74, 6) is 2.13. The zero-order chi connectivity index (χ0) is 22.1. The minimum atomic E-state index is -0.226. The zero-order valence-corrected chi connectivity index (χ0v) is 22.2. The van der Waals surface area contributed by atoms with Crippen LogP contribution >= 0.6 is 35.3 Å². The molecule has 3 rings (SSSR count). The Labute approximate surface area is 211 Å². The van der Waals surface area contributed by atoms with Gasteiger partial charge in [0, 0.05) is 37.5 Å². The van der Waals surface area contributed by atoms with Crippen LogP contribution in [0.4, 0.5) is 4.79 Å². The van der Waals surface area contributed by atoms with Crippen LogP contribution in [0.3, 0.4) is 0 Å². The molecule has 0 radical (unpaired) electrons. The molecule has 2 aromatic rings. The second-order valence-electron chi connectivity index (χ2n) is 7.85. The number of likely N-dealkylation sites (tertiary alicyclic amines) is 1. The van der Waals surface area contributed by atoms with E-state index in [1.165, 1.54) is 0 Å². The Morgan fingerprint density at radius 3 is 2.81 bits per heavy atom. The third-order valence-corrected chi connectivity index (χ3v) is 5.99. The number of rotatable bonds is 8. The van der Waals surface area contributed by atoms with Gasteiger partial charge in [0.1, 0.15) is 10.8 Å². The highest BCUT2D eigenvalue weighted by atomic mass is 127. The number of carbonyl (C=O) groups is 1. The minimum Gasteiger partial charge on any atom is -0.469 e. The topological polar surface area (TPSA) is 92.0 Å². The molecule has 3 heterocycles. The highest BCUT2D eigenvalue weighted by Crippen LogP contribution is 2.18. The molecule has 1 fully saturated rings. The van der Waals surface area contributed by atoms with Crippen LogP contribution in [-0.4, -0.2) is 54.2 Å².